The fraction of sp³-hybridized carbons (Fsp3) is 0.345. The zero-order valence-corrected chi connectivity index (χ0v) is 24.7. The third-order valence-electron chi connectivity index (χ3n) is 5.71. The Morgan fingerprint density at radius 1 is 1.13 bits per heavy atom. The number of nitrogens with zero attached hydrogens (tertiary/aromatic N) is 2. The molecule has 38 heavy (non-hydrogen) atoms. The zero-order valence-electron chi connectivity index (χ0n) is 22.3. The molecular weight excluding hydrogens is 568 g/mol. The summed E-state index contributed by atoms with van der Waals surface area (Å²) in [5.74, 6) is 0.895. The molecule has 1 aromatic heterocycles. The van der Waals surface area contributed by atoms with Gasteiger partial charge in [-0.25, -0.2) is 9.79 Å². The van der Waals surface area contributed by atoms with Crippen molar-refractivity contribution in [2.24, 2.45) is 4.99 Å². The molecule has 9 heteroatoms. The Morgan fingerprint density at radius 3 is 2.47 bits per heavy atom. The van der Waals surface area contributed by atoms with E-state index < -0.39 is 12.0 Å². The number of carbonyl (C=O) groups is 1. The Labute approximate surface area is 234 Å². The van der Waals surface area contributed by atoms with Crippen molar-refractivity contribution >= 4 is 39.3 Å². The Kier molecular flexibility index (Phi) is 8.57. The fourth-order valence-corrected chi connectivity index (χ4v) is 5.64. The van der Waals surface area contributed by atoms with Crippen LogP contribution in [-0.2, 0) is 9.53 Å². The van der Waals surface area contributed by atoms with Crippen LogP contribution in [0.1, 0.15) is 58.7 Å². The number of carbonyl (C=O) groups excluding carboxylic acids is 1. The zero-order chi connectivity index (χ0) is 27.6. The maximum absolute atomic E-state index is 13.9. The van der Waals surface area contributed by atoms with Crippen LogP contribution in [0.2, 0.25) is 0 Å². The van der Waals surface area contributed by atoms with E-state index in [1.807, 2.05) is 69.3 Å². The molecule has 2 aromatic carbocycles. The largest absolute Gasteiger partial charge is 0.494 e. The van der Waals surface area contributed by atoms with Gasteiger partial charge in [-0.2, -0.15) is 0 Å². The van der Waals surface area contributed by atoms with E-state index in [1.54, 1.807) is 25.3 Å². The van der Waals surface area contributed by atoms with Crippen molar-refractivity contribution in [3.05, 3.63) is 89.0 Å². The molecule has 0 spiro atoms. The second kappa shape index (κ2) is 11.7. The number of esters is 1. The van der Waals surface area contributed by atoms with E-state index >= 15 is 0 Å². The van der Waals surface area contributed by atoms with Gasteiger partial charge in [0.1, 0.15) is 11.5 Å². The molecule has 200 valence electrons. The van der Waals surface area contributed by atoms with Crippen molar-refractivity contribution in [3.8, 4) is 11.5 Å². The first-order valence-electron chi connectivity index (χ1n) is 12.5. The minimum Gasteiger partial charge on any atom is -0.494 e. The molecular formula is C29H31BrN2O5S. The number of allylic oxidation sites excluding steroid dienone is 1. The molecule has 1 atom stereocenters. The van der Waals surface area contributed by atoms with E-state index in [0.29, 0.717) is 38.7 Å². The first kappa shape index (κ1) is 27.9. The lowest BCUT2D eigenvalue weighted by Crippen LogP contribution is -2.40. The van der Waals surface area contributed by atoms with Gasteiger partial charge in [0.05, 0.1) is 40.7 Å². The maximum atomic E-state index is 13.9. The summed E-state index contributed by atoms with van der Waals surface area (Å²) in [7, 11) is 0. The van der Waals surface area contributed by atoms with Crippen LogP contribution in [0.25, 0.3) is 6.08 Å². The van der Waals surface area contributed by atoms with Gasteiger partial charge < -0.3 is 14.2 Å². The van der Waals surface area contributed by atoms with Gasteiger partial charge in [-0.1, -0.05) is 39.4 Å². The lowest BCUT2D eigenvalue weighted by Gasteiger charge is -2.25. The molecule has 0 amide bonds. The average molecular weight is 600 g/mol. The summed E-state index contributed by atoms with van der Waals surface area (Å²) >= 11 is 4.80. The molecule has 0 unspecified atom stereocenters. The van der Waals surface area contributed by atoms with Crippen LogP contribution in [0.5, 0.6) is 11.5 Å². The number of rotatable bonds is 8. The van der Waals surface area contributed by atoms with Crippen LogP contribution in [-0.4, -0.2) is 29.4 Å². The van der Waals surface area contributed by atoms with Crippen molar-refractivity contribution in [1.29, 1.82) is 0 Å². The molecule has 3 aromatic rings. The monoisotopic (exact) mass is 598 g/mol. The van der Waals surface area contributed by atoms with Crippen LogP contribution in [0.4, 0.5) is 0 Å². The molecule has 7 nitrogen and oxygen atoms in total. The number of fused-ring (bicyclic) bond motifs is 1. The maximum Gasteiger partial charge on any atom is 0.338 e. The molecule has 1 aliphatic heterocycles. The van der Waals surface area contributed by atoms with E-state index in [-0.39, 0.29) is 17.8 Å². The molecule has 0 saturated heterocycles. The average Bonchev–Trinajstić information content (AvgIpc) is 3.14. The van der Waals surface area contributed by atoms with Crippen molar-refractivity contribution in [2.75, 3.05) is 6.61 Å². The summed E-state index contributed by atoms with van der Waals surface area (Å²) in [4.78, 5) is 32.4. The van der Waals surface area contributed by atoms with Crippen LogP contribution in [0, 0.1) is 0 Å². The normalized spacial score (nSPS) is 15.5. The van der Waals surface area contributed by atoms with Gasteiger partial charge in [0.25, 0.3) is 5.56 Å². The van der Waals surface area contributed by atoms with E-state index in [0.717, 1.165) is 15.6 Å². The Morgan fingerprint density at radius 2 is 1.84 bits per heavy atom. The molecule has 2 heterocycles. The van der Waals surface area contributed by atoms with Gasteiger partial charge in [0.15, 0.2) is 4.80 Å². The summed E-state index contributed by atoms with van der Waals surface area (Å²) in [6.45, 7) is 11.7. The van der Waals surface area contributed by atoms with Crippen LogP contribution < -0.4 is 24.4 Å². The van der Waals surface area contributed by atoms with Crippen LogP contribution >= 0.6 is 27.3 Å². The molecule has 4 rings (SSSR count). The minimum absolute atomic E-state index is 0.0265. The van der Waals surface area contributed by atoms with E-state index in [1.165, 1.54) is 11.3 Å². The molecule has 0 bridgehead atoms. The van der Waals surface area contributed by atoms with Gasteiger partial charge in [0.2, 0.25) is 0 Å². The summed E-state index contributed by atoms with van der Waals surface area (Å²) in [6.07, 6.45) is 1.47. The predicted molar refractivity (Wildman–Crippen MR) is 153 cm³/mol. The quantitative estimate of drug-likeness (QED) is 0.336. The minimum atomic E-state index is -0.691. The second-order valence-corrected chi connectivity index (χ2v) is 11.3. The highest BCUT2D eigenvalue weighted by atomic mass is 79.9. The first-order chi connectivity index (χ1) is 18.1. The highest BCUT2D eigenvalue weighted by molar-refractivity contribution is 9.10. The standard InChI is InChI=1S/C29H31BrN2O5S/c1-7-35-22-11-8-19(9-12-22)26-25(28(34)37-17(4)5)18(6)31-29-32(26)27(33)24(38-29)15-20-14-21(30)10-13-23(20)36-16(2)3/h8-17,26H,7H2,1-6H3/b24-15-/t26-/m0/s1. The Bertz CT molecular complexity index is 1550. The van der Waals surface area contributed by atoms with Crippen LogP contribution in [0.15, 0.2) is 68.0 Å². The van der Waals surface area contributed by atoms with Gasteiger partial charge in [-0.15, -0.1) is 0 Å². The van der Waals surface area contributed by atoms with Gasteiger partial charge in [-0.3, -0.25) is 9.36 Å². The van der Waals surface area contributed by atoms with Crippen molar-refractivity contribution in [1.82, 2.24) is 4.57 Å². The third kappa shape index (κ3) is 5.94. The summed E-state index contributed by atoms with van der Waals surface area (Å²) in [5, 5.41) is 0. The van der Waals surface area contributed by atoms with Gasteiger partial charge in [0, 0.05) is 10.0 Å². The molecule has 0 N–H and O–H groups in total. The number of halogens is 1. The molecule has 0 radical (unpaired) electrons. The summed E-state index contributed by atoms with van der Waals surface area (Å²) in [5.41, 5.74) is 2.15. The van der Waals surface area contributed by atoms with E-state index in [2.05, 4.69) is 20.9 Å². The number of ether oxygens (including phenoxy) is 3. The highest BCUT2D eigenvalue weighted by Gasteiger charge is 2.33. The van der Waals surface area contributed by atoms with E-state index in [4.69, 9.17) is 14.2 Å². The van der Waals surface area contributed by atoms with Gasteiger partial charge in [-0.05, 0) is 83.5 Å². The highest BCUT2D eigenvalue weighted by Crippen LogP contribution is 2.32. The molecule has 0 aliphatic carbocycles. The number of hydrogen-bond donors (Lipinski definition) is 0. The second-order valence-electron chi connectivity index (χ2n) is 9.39. The molecule has 0 saturated carbocycles. The van der Waals surface area contributed by atoms with Crippen molar-refractivity contribution < 1.29 is 19.0 Å². The summed E-state index contributed by atoms with van der Waals surface area (Å²) < 4.78 is 20.1. The third-order valence-corrected chi connectivity index (χ3v) is 7.19. The number of hydrogen-bond acceptors (Lipinski definition) is 7. The fourth-order valence-electron chi connectivity index (χ4n) is 4.22. The Balaban J connectivity index is 1.92. The predicted octanol–water partition coefficient (Wildman–Crippen LogP) is 5.14. The number of aromatic nitrogens is 1. The van der Waals surface area contributed by atoms with Crippen LogP contribution in [0.3, 0.4) is 0 Å². The van der Waals surface area contributed by atoms with Crippen molar-refractivity contribution in [3.63, 3.8) is 0 Å². The van der Waals surface area contributed by atoms with Crippen molar-refractivity contribution in [2.45, 2.75) is 59.8 Å². The Hall–Kier alpha value is -3.17. The molecule has 0 fully saturated rings. The lowest BCUT2D eigenvalue weighted by molar-refractivity contribution is -0.143. The smallest absolute Gasteiger partial charge is 0.338 e. The summed E-state index contributed by atoms with van der Waals surface area (Å²) in [6, 6.07) is 12.4. The van der Waals surface area contributed by atoms with Gasteiger partial charge >= 0.3 is 5.97 Å². The number of benzene rings is 2. The first-order valence-corrected chi connectivity index (χ1v) is 14.1. The molecule has 1 aliphatic rings. The SMILES string of the molecule is CCOc1ccc([C@H]2C(C(=O)OC(C)C)=C(C)N=c3s/c(=C\c4cc(Br)ccc4OC(C)C)c(=O)n32)cc1. The topological polar surface area (TPSA) is 79.1 Å². The number of thiazole rings is 1. The lowest BCUT2D eigenvalue weighted by atomic mass is 9.96. The van der Waals surface area contributed by atoms with E-state index in [9.17, 15) is 9.59 Å².